The summed E-state index contributed by atoms with van der Waals surface area (Å²) in [5.74, 6) is 0.318. The molecule has 2 aromatic heterocycles. The van der Waals surface area contributed by atoms with Crippen LogP contribution in [-0.4, -0.2) is 69.4 Å². The van der Waals surface area contributed by atoms with Gasteiger partial charge in [-0.2, -0.15) is 42.3 Å². The number of amides is 1. The first-order valence-electron chi connectivity index (χ1n) is 17.1. The molecule has 0 radical (unpaired) electrons. The van der Waals surface area contributed by atoms with Crippen LogP contribution in [0.2, 0.25) is 0 Å². The molecule has 1 aromatic carbocycles. The standard InChI is InChI=1S/C33H38F3N9O3.C2H2F2/c1-19-25-16-43(8-5-11-45(25)42-28(19)30(46)39-2)29-23-17-47-26(22-13-21(38)12-20(15-37)27(22)33(34,35)36)14-24(23)40-31(41-29)48-18-32-6-3-9-44(32)10-4-7-32;1-2(3)4/h12-13,26H,3-11,14,16-18,38H2,1-2H3,(H,39,46);1H2. The third-order valence-electron chi connectivity index (χ3n) is 10.3. The van der Waals surface area contributed by atoms with Gasteiger partial charge in [-0.05, 0) is 76.4 Å². The van der Waals surface area contributed by atoms with Gasteiger partial charge in [0.05, 0.1) is 53.4 Å². The van der Waals surface area contributed by atoms with E-state index >= 15 is 0 Å². The van der Waals surface area contributed by atoms with Crippen molar-refractivity contribution >= 4 is 17.4 Å². The van der Waals surface area contributed by atoms with Gasteiger partial charge in [0, 0.05) is 43.4 Å². The number of nitrogens with two attached hydrogens (primary N) is 1. The average Bonchev–Trinajstić information content (AvgIpc) is 3.72. The van der Waals surface area contributed by atoms with Crippen LogP contribution in [0.1, 0.15) is 87.9 Å². The number of ether oxygens (including phenoxy) is 2. The third-order valence-corrected chi connectivity index (χ3v) is 10.3. The van der Waals surface area contributed by atoms with Crippen molar-refractivity contribution in [2.45, 2.75) is 83.0 Å². The number of benzene rings is 1. The number of nitrogen functional groups attached to an aromatic ring is 1. The average molecular weight is 730 g/mol. The number of fused-ring (bicyclic) bond motifs is 3. The van der Waals surface area contributed by atoms with E-state index in [2.05, 4.69) is 26.8 Å². The van der Waals surface area contributed by atoms with Crippen molar-refractivity contribution in [3.63, 3.8) is 0 Å². The summed E-state index contributed by atoms with van der Waals surface area (Å²) in [4.78, 5) is 26.8. The lowest BCUT2D eigenvalue weighted by Crippen LogP contribution is -2.43. The molecule has 4 aliphatic rings. The number of carbonyl (C=O) groups is 1. The van der Waals surface area contributed by atoms with E-state index in [-0.39, 0.29) is 41.7 Å². The van der Waals surface area contributed by atoms with Gasteiger partial charge in [0.15, 0.2) is 5.69 Å². The highest BCUT2D eigenvalue weighted by Gasteiger charge is 2.45. The predicted molar refractivity (Wildman–Crippen MR) is 179 cm³/mol. The topological polar surface area (TPSA) is 147 Å². The van der Waals surface area contributed by atoms with E-state index in [0.717, 1.165) is 56.1 Å². The van der Waals surface area contributed by atoms with Crippen molar-refractivity contribution in [2.24, 2.45) is 0 Å². The fourth-order valence-electron chi connectivity index (χ4n) is 7.92. The summed E-state index contributed by atoms with van der Waals surface area (Å²) in [6, 6.07) is 4.08. The van der Waals surface area contributed by atoms with Gasteiger partial charge in [-0.1, -0.05) is 0 Å². The van der Waals surface area contributed by atoms with E-state index < -0.39 is 29.5 Å². The molecule has 1 amide bonds. The fourth-order valence-corrected chi connectivity index (χ4v) is 7.92. The number of alkyl halides is 3. The zero-order chi connectivity index (χ0) is 37.4. The van der Waals surface area contributed by atoms with Crippen molar-refractivity contribution in [1.82, 2.24) is 30.0 Å². The molecule has 2 saturated heterocycles. The van der Waals surface area contributed by atoms with Crippen LogP contribution < -0.4 is 20.7 Å². The van der Waals surface area contributed by atoms with E-state index in [1.807, 2.05) is 11.6 Å². The minimum atomic E-state index is -4.79. The molecule has 0 spiro atoms. The Hall–Kier alpha value is -4.82. The lowest BCUT2D eigenvalue weighted by Gasteiger charge is -2.33. The SMILES string of the molecule is C=C(F)F.CNC(=O)c1nn2c(c1C)CN(c1nc(OCC34CCCN3CCC4)nc3c1COC(c1cc(N)cc(C#N)c1C(F)(F)F)C3)CCC2. The van der Waals surface area contributed by atoms with Gasteiger partial charge in [-0.25, -0.2) is 0 Å². The van der Waals surface area contributed by atoms with Crippen LogP contribution in [0.25, 0.3) is 0 Å². The molecule has 6 heterocycles. The van der Waals surface area contributed by atoms with Crippen LogP contribution in [-0.2, 0) is 37.0 Å². The molecule has 1 unspecified atom stereocenters. The number of halogens is 5. The van der Waals surface area contributed by atoms with Crippen molar-refractivity contribution in [3.8, 4) is 12.1 Å². The fraction of sp³-hybridized carbons (Fsp3) is 0.514. The zero-order valence-electron chi connectivity index (χ0n) is 29.0. The highest BCUT2D eigenvalue weighted by atomic mass is 19.4. The Bertz CT molecular complexity index is 1890. The van der Waals surface area contributed by atoms with Gasteiger partial charge in [0.25, 0.3) is 12.0 Å². The van der Waals surface area contributed by atoms with Crippen LogP contribution in [0.15, 0.2) is 24.8 Å². The number of rotatable bonds is 6. The smallest absolute Gasteiger partial charge is 0.418 e. The zero-order valence-corrected chi connectivity index (χ0v) is 29.0. The summed E-state index contributed by atoms with van der Waals surface area (Å²) in [7, 11) is 1.57. The van der Waals surface area contributed by atoms with E-state index in [1.54, 1.807) is 13.1 Å². The molecule has 3 N–H and O–H groups in total. The lowest BCUT2D eigenvalue weighted by atomic mass is 9.91. The van der Waals surface area contributed by atoms with Crippen LogP contribution in [0, 0.1) is 18.3 Å². The molecule has 4 aliphatic heterocycles. The minimum Gasteiger partial charge on any atom is -0.461 e. The van der Waals surface area contributed by atoms with Crippen molar-refractivity contribution < 1.29 is 36.2 Å². The number of aromatic nitrogens is 4. The summed E-state index contributed by atoms with van der Waals surface area (Å²) in [5.41, 5.74) is 7.34. The highest BCUT2D eigenvalue weighted by molar-refractivity contribution is 5.93. The maximum Gasteiger partial charge on any atom is 0.418 e. The van der Waals surface area contributed by atoms with Crippen molar-refractivity contribution in [1.29, 1.82) is 5.26 Å². The molecule has 0 saturated carbocycles. The maximum absolute atomic E-state index is 14.3. The first-order valence-corrected chi connectivity index (χ1v) is 17.1. The van der Waals surface area contributed by atoms with Gasteiger partial charge in [0.1, 0.15) is 12.4 Å². The number of nitrogens with one attached hydrogen (secondary N) is 1. The predicted octanol–water partition coefficient (Wildman–Crippen LogP) is 5.44. The molecule has 17 heteroatoms. The Morgan fingerprint density at radius 3 is 2.54 bits per heavy atom. The van der Waals surface area contributed by atoms with E-state index in [1.165, 1.54) is 6.07 Å². The maximum atomic E-state index is 14.3. The number of hydrogen-bond acceptors (Lipinski definition) is 10. The summed E-state index contributed by atoms with van der Waals surface area (Å²) in [6.07, 6.45) is -2.71. The Morgan fingerprint density at radius 1 is 1.17 bits per heavy atom. The molecule has 7 rings (SSSR count). The van der Waals surface area contributed by atoms with Crippen LogP contribution >= 0.6 is 0 Å². The normalized spacial score (nSPS) is 19.3. The minimum absolute atomic E-state index is 0.00149. The summed E-state index contributed by atoms with van der Waals surface area (Å²) in [6.45, 7) is 8.14. The molecule has 52 heavy (non-hydrogen) atoms. The molecule has 1 atom stereocenters. The Kier molecular flexibility index (Phi) is 10.4. The van der Waals surface area contributed by atoms with Gasteiger partial charge in [-0.3, -0.25) is 14.4 Å². The van der Waals surface area contributed by atoms with Gasteiger partial charge < -0.3 is 25.4 Å². The molecular weight excluding hydrogens is 689 g/mol. The van der Waals surface area contributed by atoms with E-state index in [0.29, 0.717) is 55.4 Å². The van der Waals surface area contributed by atoms with Crippen LogP contribution in [0.5, 0.6) is 6.01 Å². The number of hydrogen-bond donors (Lipinski definition) is 2. The number of nitrogens with zero attached hydrogens (tertiary/aromatic N) is 7. The van der Waals surface area contributed by atoms with E-state index in [4.69, 9.17) is 25.2 Å². The second kappa shape index (κ2) is 14.7. The summed E-state index contributed by atoms with van der Waals surface area (Å²) >= 11 is 0. The van der Waals surface area contributed by atoms with Crippen LogP contribution in [0.3, 0.4) is 0 Å². The van der Waals surface area contributed by atoms with Crippen molar-refractivity contribution in [3.05, 3.63) is 69.7 Å². The second-order valence-electron chi connectivity index (χ2n) is 13.4. The van der Waals surface area contributed by atoms with Crippen molar-refractivity contribution in [2.75, 3.05) is 43.9 Å². The van der Waals surface area contributed by atoms with Crippen LogP contribution in [0.4, 0.5) is 33.5 Å². The Labute approximate surface area is 297 Å². The number of aryl methyl sites for hydroxylation is 1. The van der Waals surface area contributed by atoms with Gasteiger partial charge in [0.2, 0.25) is 0 Å². The Balaban J connectivity index is 0.00000110. The first-order chi connectivity index (χ1) is 24.7. The quantitative estimate of drug-likeness (QED) is 0.248. The highest BCUT2D eigenvalue weighted by Crippen LogP contribution is 2.44. The molecular formula is C35H40F5N9O3. The van der Waals surface area contributed by atoms with E-state index in [9.17, 15) is 32.0 Å². The number of carbonyl (C=O) groups excluding carboxylic acids is 1. The molecule has 12 nitrogen and oxygen atoms in total. The lowest BCUT2D eigenvalue weighted by molar-refractivity contribution is -0.140. The first kappa shape index (κ1) is 37.0. The Morgan fingerprint density at radius 2 is 1.88 bits per heavy atom. The summed E-state index contributed by atoms with van der Waals surface area (Å²) in [5, 5.41) is 16.8. The molecule has 0 bridgehead atoms. The number of anilines is 2. The molecule has 2 fully saturated rings. The number of nitriles is 1. The molecule has 278 valence electrons. The molecule has 3 aromatic rings. The molecule has 0 aliphatic carbocycles. The monoisotopic (exact) mass is 729 g/mol. The largest absolute Gasteiger partial charge is 0.461 e. The van der Waals surface area contributed by atoms with Gasteiger partial charge in [-0.15, -0.1) is 0 Å². The van der Waals surface area contributed by atoms with Gasteiger partial charge >= 0.3 is 12.2 Å². The summed E-state index contributed by atoms with van der Waals surface area (Å²) < 4.78 is 77.7. The second-order valence-corrected chi connectivity index (χ2v) is 13.4. The third kappa shape index (κ3) is 7.26.